The van der Waals surface area contributed by atoms with Gasteiger partial charge in [0.15, 0.2) is 5.69 Å². The van der Waals surface area contributed by atoms with Crippen LogP contribution in [0.5, 0.6) is 0 Å². The lowest BCUT2D eigenvalue weighted by Crippen LogP contribution is -2.16. The van der Waals surface area contributed by atoms with Crippen molar-refractivity contribution in [3.8, 4) is 11.4 Å². The average Bonchev–Trinajstić information content (AvgIpc) is 2.73. The van der Waals surface area contributed by atoms with Crippen molar-refractivity contribution in [3.63, 3.8) is 0 Å². The summed E-state index contributed by atoms with van der Waals surface area (Å²) in [7, 11) is 0. The van der Waals surface area contributed by atoms with Crippen LogP contribution in [0.2, 0.25) is 0 Å². The number of hydrogen-bond donors (Lipinski definition) is 2. The molecular weight excluding hydrogens is 308 g/mol. The molecule has 1 heterocycles. The van der Waals surface area contributed by atoms with E-state index in [1.807, 2.05) is 45.0 Å². The van der Waals surface area contributed by atoms with Crippen molar-refractivity contribution in [1.82, 2.24) is 9.97 Å². The van der Waals surface area contributed by atoms with E-state index in [1.54, 1.807) is 0 Å². The first-order valence-electron chi connectivity index (χ1n) is 5.89. The van der Waals surface area contributed by atoms with Crippen LogP contribution in [0.25, 0.3) is 11.4 Å². The Hall–Kier alpha value is -1.62. The lowest BCUT2D eigenvalue weighted by Gasteiger charge is -2.16. The number of halogens is 1. The molecule has 1 aromatic heterocycles. The van der Waals surface area contributed by atoms with Gasteiger partial charge in [0, 0.05) is 15.5 Å². The van der Waals surface area contributed by atoms with Gasteiger partial charge in [-0.15, -0.1) is 0 Å². The summed E-state index contributed by atoms with van der Waals surface area (Å²) in [4.78, 5) is 18.6. The summed E-state index contributed by atoms with van der Waals surface area (Å²) in [5.41, 5.74) is 1.27. The van der Waals surface area contributed by atoms with Crippen LogP contribution < -0.4 is 0 Å². The third-order valence-corrected chi connectivity index (χ3v) is 3.25. The molecule has 0 aliphatic heterocycles. The Morgan fingerprint density at radius 2 is 2.05 bits per heavy atom. The van der Waals surface area contributed by atoms with E-state index in [1.165, 1.54) is 0 Å². The van der Waals surface area contributed by atoms with Crippen molar-refractivity contribution < 1.29 is 9.90 Å². The van der Waals surface area contributed by atoms with Crippen LogP contribution in [0.3, 0.4) is 0 Å². The summed E-state index contributed by atoms with van der Waals surface area (Å²) in [5, 5.41) is 9.25. The molecule has 1 aromatic carbocycles. The molecule has 0 radical (unpaired) electrons. The van der Waals surface area contributed by atoms with E-state index < -0.39 is 5.97 Å². The van der Waals surface area contributed by atoms with Gasteiger partial charge in [-0.3, -0.25) is 0 Å². The van der Waals surface area contributed by atoms with E-state index in [9.17, 15) is 9.90 Å². The number of carbonyl (C=O) groups is 1. The molecule has 0 atom stereocenters. The molecule has 19 heavy (non-hydrogen) atoms. The molecule has 0 unspecified atom stereocenters. The molecule has 4 nitrogen and oxygen atoms in total. The highest BCUT2D eigenvalue weighted by molar-refractivity contribution is 9.10. The molecular formula is C14H15BrN2O2. The van der Waals surface area contributed by atoms with Gasteiger partial charge in [-0.05, 0) is 12.1 Å². The quantitative estimate of drug-likeness (QED) is 0.882. The molecule has 2 aromatic rings. The maximum atomic E-state index is 11.3. The number of H-pyrrole nitrogens is 1. The number of hydrogen-bond acceptors (Lipinski definition) is 2. The van der Waals surface area contributed by atoms with Crippen molar-refractivity contribution in [3.05, 3.63) is 40.1 Å². The monoisotopic (exact) mass is 322 g/mol. The molecule has 0 bridgehead atoms. The predicted molar refractivity (Wildman–Crippen MR) is 77.4 cm³/mol. The highest BCUT2D eigenvalue weighted by Gasteiger charge is 2.26. The minimum Gasteiger partial charge on any atom is -0.476 e. The van der Waals surface area contributed by atoms with E-state index in [0.717, 1.165) is 10.0 Å². The maximum Gasteiger partial charge on any atom is 0.356 e. The zero-order chi connectivity index (χ0) is 14.2. The fourth-order valence-corrected chi connectivity index (χ4v) is 2.24. The number of nitrogens with one attached hydrogen (secondary N) is 1. The SMILES string of the molecule is CC(C)(C)c1[nH]c(-c2cccc(Br)c2)nc1C(=O)O. The van der Waals surface area contributed by atoms with Crippen molar-refractivity contribution in [2.75, 3.05) is 0 Å². The number of carboxylic acid groups (broad SMARTS) is 1. The fraction of sp³-hybridized carbons (Fsp3) is 0.286. The first-order chi connectivity index (χ1) is 8.79. The summed E-state index contributed by atoms with van der Waals surface area (Å²) < 4.78 is 0.926. The van der Waals surface area contributed by atoms with E-state index in [4.69, 9.17) is 0 Å². The second-order valence-electron chi connectivity index (χ2n) is 5.37. The van der Waals surface area contributed by atoms with Crippen LogP contribution in [0.4, 0.5) is 0 Å². The molecule has 5 heteroatoms. The van der Waals surface area contributed by atoms with Crippen LogP contribution in [0.15, 0.2) is 28.7 Å². The minimum atomic E-state index is -1.01. The fourth-order valence-electron chi connectivity index (χ4n) is 1.84. The van der Waals surface area contributed by atoms with E-state index in [2.05, 4.69) is 25.9 Å². The smallest absolute Gasteiger partial charge is 0.356 e. The third-order valence-electron chi connectivity index (χ3n) is 2.75. The Morgan fingerprint density at radius 3 is 2.53 bits per heavy atom. The summed E-state index contributed by atoms with van der Waals surface area (Å²) >= 11 is 3.40. The van der Waals surface area contributed by atoms with E-state index >= 15 is 0 Å². The van der Waals surface area contributed by atoms with E-state index in [0.29, 0.717) is 11.5 Å². The second-order valence-corrected chi connectivity index (χ2v) is 6.29. The van der Waals surface area contributed by atoms with Gasteiger partial charge in [0.1, 0.15) is 5.82 Å². The highest BCUT2D eigenvalue weighted by Crippen LogP contribution is 2.28. The predicted octanol–water partition coefficient (Wildman–Crippen LogP) is 3.83. The maximum absolute atomic E-state index is 11.3. The lowest BCUT2D eigenvalue weighted by atomic mass is 9.91. The zero-order valence-electron chi connectivity index (χ0n) is 11.0. The topological polar surface area (TPSA) is 66.0 Å². The van der Waals surface area contributed by atoms with Crippen molar-refractivity contribution in [1.29, 1.82) is 0 Å². The first-order valence-corrected chi connectivity index (χ1v) is 6.68. The molecule has 0 saturated heterocycles. The normalized spacial score (nSPS) is 11.6. The zero-order valence-corrected chi connectivity index (χ0v) is 12.6. The third kappa shape index (κ3) is 2.87. The van der Waals surface area contributed by atoms with Gasteiger partial charge in [-0.25, -0.2) is 9.78 Å². The molecule has 0 saturated carbocycles. The number of rotatable bonds is 2. The highest BCUT2D eigenvalue weighted by atomic mass is 79.9. The van der Waals surface area contributed by atoms with Gasteiger partial charge < -0.3 is 10.1 Å². The number of benzene rings is 1. The number of aromatic carboxylic acids is 1. The summed E-state index contributed by atoms with van der Waals surface area (Å²) in [6.07, 6.45) is 0. The van der Waals surface area contributed by atoms with Crippen LogP contribution >= 0.6 is 15.9 Å². The van der Waals surface area contributed by atoms with Crippen molar-refractivity contribution >= 4 is 21.9 Å². The molecule has 2 rings (SSSR count). The number of nitrogens with zero attached hydrogens (tertiary/aromatic N) is 1. The molecule has 0 spiro atoms. The van der Waals surface area contributed by atoms with Gasteiger partial charge in [0.05, 0.1) is 5.69 Å². The van der Waals surface area contributed by atoms with Crippen molar-refractivity contribution in [2.24, 2.45) is 0 Å². The Bertz CT molecular complexity index is 627. The Kier molecular flexibility index (Phi) is 3.49. The first kappa shape index (κ1) is 13.8. The van der Waals surface area contributed by atoms with E-state index in [-0.39, 0.29) is 11.1 Å². The minimum absolute atomic E-state index is 0.0856. The van der Waals surface area contributed by atoms with Crippen molar-refractivity contribution in [2.45, 2.75) is 26.2 Å². The Morgan fingerprint density at radius 1 is 1.37 bits per heavy atom. The summed E-state index contributed by atoms with van der Waals surface area (Å²) in [6, 6.07) is 7.59. The number of aromatic amines is 1. The van der Waals surface area contributed by atoms with Gasteiger partial charge in [-0.2, -0.15) is 0 Å². The Balaban J connectivity index is 2.58. The lowest BCUT2D eigenvalue weighted by molar-refractivity contribution is 0.0688. The largest absolute Gasteiger partial charge is 0.476 e. The molecule has 0 fully saturated rings. The number of carboxylic acids is 1. The number of aromatic nitrogens is 2. The summed E-state index contributed by atoms with van der Waals surface area (Å²) in [6.45, 7) is 5.87. The van der Waals surface area contributed by atoms with Crippen LogP contribution in [0.1, 0.15) is 37.0 Å². The molecule has 100 valence electrons. The molecule has 2 N–H and O–H groups in total. The van der Waals surface area contributed by atoms with Crippen LogP contribution in [-0.2, 0) is 5.41 Å². The summed E-state index contributed by atoms with van der Waals surface area (Å²) in [5.74, 6) is -0.439. The Labute approximate surface area is 120 Å². The average molecular weight is 323 g/mol. The molecule has 0 aliphatic carbocycles. The van der Waals surface area contributed by atoms with Crippen LogP contribution in [0, 0.1) is 0 Å². The molecule has 0 aliphatic rings. The van der Waals surface area contributed by atoms with Gasteiger partial charge in [0.25, 0.3) is 0 Å². The van der Waals surface area contributed by atoms with Gasteiger partial charge in [-0.1, -0.05) is 48.8 Å². The van der Waals surface area contributed by atoms with Gasteiger partial charge in [0.2, 0.25) is 0 Å². The number of imidazole rings is 1. The molecule has 0 amide bonds. The van der Waals surface area contributed by atoms with Gasteiger partial charge >= 0.3 is 5.97 Å². The second kappa shape index (κ2) is 4.81. The standard InChI is InChI=1S/C14H15BrN2O2/c1-14(2,3)11-10(13(18)19)16-12(17-11)8-5-4-6-9(15)7-8/h4-7H,1-3H3,(H,16,17)(H,18,19). The van der Waals surface area contributed by atoms with Crippen LogP contribution in [-0.4, -0.2) is 21.0 Å².